The molecule has 0 unspecified atom stereocenters. The van der Waals surface area contributed by atoms with Crippen LogP contribution in [-0.4, -0.2) is 33.5 Å². The molecule has 1 fully saturated rings. The van der Waals surface area contributed by atoms with Crippen LogP contribution >= 0.6 is 11.3 Å². The summed E-state index contributed by atoms with van der Waals surface area (Å²) in [6.07, 6.45) is 1.43. The molecular weight excluding hydrogens is 520 g/mol. The van der Waals surface area contributed by atoms with Gasteiger partial charge in [0, 0.05) is 47.8 Å². The molecule has 8 heteroatoms. The molecule has 1 aliphatic heterocycles. The van der Waals surface area contributed by atoms with Gasteiger partial charge in [-0.1, -0.05) is 57.2 Å². The van der Waals surface area contributed by atoms with Crippen LogP contribution in [-0.2, 0) is 11.3 Å². The molecule has 7 nitrogen and oxygen atoms in total. The number of hydrogen-bond donors (Lipinski definition) is 1. The number of aromatic nitrogens is 2. The van der Waals surface area contributed by atoms with Gasteiger partial charge < -0.3 is 15.0 Å². The third-order valence-electron chi connectivity index (χ3n) is 6.96. The molecule has 0 spiro atoms. The van der Waals surface area contributed by atoms with Crippen molar-refractivity contribution in [3.05, 3.63) is 88.4 Å². The normalized spacial score (nSPS) is 13.3. The second-order valence-corrected chi connectivity index (χ2v) is 11.7. The van der Waals surface area contributed by atoms with Gasteiger partial charge in [0.1, 0.15) is 21.5 Å². The van der Waals surface area contributed by atoms with Gasteiger partial charge in [-0.05, 0) is 66.4 Å². The molecule has 0 radical (unpaired) electrons. The lowest BCUT2D eigenvalue weighted by Crippen LogP contribution is -2.24. The maximum Gasteiger partial charge on any atom is 0.255 e. The van der Waals surface area contributed by atoms with Crippen molar-refractivity contribution in [2.24, 2.45) is 0 Å². The zero-order valence-electron chi connectivity index (χ0n) is 23.3. The number of hydrogen-bond acceptors (Lipinski definition) is 6. The zero-order valence-corrected chi connectivity index (χ0v) is 24.1. The molecule has 0 bridgehead atoms. The van der Waals surface area contributed by atoms with E-state index in [1.807, 2.05) is 59.5 Å². The quantitative estimate of drug-likeness (QED) is 0.230. The van der Waals surface area contributed by atoms with Gasteiger partial charge in [-0.3, -0.25) is 9.59 Å². The van der Waals surface area contributed by atoms with Crippen LogP contribution in [0.3, 0.4) is 0 Å². The van der Waals surface area contributed by atoms with Crippen LogP contribution in [0, 0.1) is 0 Å². The van der Waals surface area contributed by atoms with Gasteiger partial charge in [0.2, 0.25) is 5.91 Å². The summed E-state index contributed by atoms with van der Waals surface area (Å²) in [5, 5.41) is 13.5. The van der Waals surface area contributed by atoms with Crippen molar-refractivity contribution in [1.82, 2.24) is 15.1 Å². The van der Waals surface area contributed by atoms with Crippen molar-refractivity contribution < 1.29 is 14.3 Å². The first-order valence-corrected chi connectivity index (χ1v) is 14.5. The molecule has 3 aromatic carbocycles. The molecule has 2 heterocycles. The minimum atomic E-state index is -0.224. The Bertz CT molecular complexity index is 1490. The highest BCUT2D eigenvalue weighted by molar-refractivity contribution is 7.14. The van der Waals surface area contributed by atoms with E-state index in [2.05, 4.69) is 43.2 Å². The monoisotopic (exact) mass is 554 g/mol. The summed E-state index contributed by atoms with van der Waals surface area (Å²) in [5.74, 6) is 1.85. The van der Waals surface area contributed by atoms with Gasteiger partial charge in [0.25, 0.3) is 5.91 Å². The standard InChI is InChI=1S/C32H34N4O3S/c1-20(2)22-9-13-26(14-10-22)33-30(38)24-7-8-25(19-36-17-5-6-29(36)37)28(18-24)39-27-15-11-23(12-16-27)32-35-34-31(40-32)21(3)4/h7-16,18,20-21H,5-6,17,19H2,1-4H3,(H,33,38). The molecule has 0 atom stereocenters. The van der Waals surface area contributed by atoms with Crippen molar-refractivity contribution in [2.75, 3.05) is 11.9 Å². The summed E-state index contributed by atoms with van der Waals surface area (Å²) in [6.45, 7) is 9.64. The zero-order chi connectivity index (χ0) is 28.2. The first kappa shape index (κ1) is 27.5. The lowest BCUT2D eigenvalue weighted by molar-refractivity contribution is -0.128. The minimum Gasteiger partial charge on any atom is -0.457 e. The topological polar surface area (TPSA) is 84.4 Å². The van der Waals surface area contributed by atoms with Crippen molar-refractivity contribution >= 4 is 28.8 Å². The Labute approximate surface area is 239 Å². The summed E-state index contributed by atoms with van der Waals surface area (Å²) in [4.78, 5) is 27.3. The number of carbonyl (C=O) groups is 2. The number of anilines is 1. The first-order valence-electron chi connectivity index (χ1n) is 13.7. The van der Waals surface area contributed by atoms with Crippen molar-refractivity contribution in [2.45, 2.75) is 58.9 Å². The molecule has 4 aromatic rings. The minimum absolute atomic E-state index is 0.139. The Hall–Kier alpha value is -4.04. The van der Waals surface area contributed by atoms with E-state index in [0.29, 0.717) is 41.9 Å². The fourth-order valence-electron chi connectivity index (χ4n) is 4.53. The molecule has 5 rings (SSSR count). The van der Waals surface area contributed by atoms with Crippen LogP contribution in [0.2, 0.25) is 0 Å². The van der Waals surface area contributed by atoms with Crippen LogP contribution in [0.4, 0.5) is 5.69 Å². The maximum atomic E-state index is 13.2. The number of benzene rings is 3. The van der Waals surface area contributed by atoms with E-state index in [9.17, 15) is 9.59 Å². The largest absolute Gasteiger partial charge is 0.457 e. The second kappa shape index (κ2) is 12.0. The van der Waals surface area contributed by atoms with Crippen molar-refractivity contribution in [3.63, 3.8) is 0 Å². The van der Waals surface area contributed by atoms with Gasteiger partial charge in [-0.25, -0.2) is 0 Å². The van der Waals surface area contributed by atoms with Crippen molar-refractivity contribution in [1.29, 1.82) is 0 Å². The summed E-state index contributed by atoms with van der Waals surface area (Å²) in [7, 11) is 0. The van der Waals surface area contributed by atoms with E-state index >= 15 is 0 Å². The summed E-state index contributed by atoms with van der Waals surface area (Å²) in [6, 6.07) is 21.0. The predicted molar refractivity (Wildman–Crippen MR) is 159 cm³/mol. The number of nitrogens with one attached hydrogen (secondary N) is 1. The van der Waals surface area contributed by atoms with Crippen LogP contribution in [0.1, 0.15) is 78.9 Å². The third-order valence-corrected chi connectivity index (χ3v) is 8.23. The van der Waals surface area contributed by atoms with Crippen LogP contribution < -0.4 is 10.1 Å². The number of nitrogens with zero attached hydrogens (tertiary/aromatic N) is 3. The number of ether oxygens (including phenoxy) is 1. The van der Waals surface area contributed by atoms with Gasteiger partial charge in [0.15, 0.2) is 0 Å². The van der Waals surface area contributed by atoms with Crippen molar-refractivity contribution in [3.8, 4) is 22.1 Å². The van der Waals surface area contributed by atoms with Gasteiger partial charge in [-0.2, -0.15) is 0 Å². The predicted octanol–water partition coefficient (Wildman–Crippen LogP) is 7.62. The SMILES string of the molecule is CC(C)c1ccc(NC(=O)c2ccc(CN3CCCC3=O)c(Oc3ccc(-c4nnc(C(C)C)s4)cc3)c2)cc1. The Morgan fingerprint density at radius 2 is 1.73 bits per heavy atom. The maximum absolute atomic E-state index is 13.2. The smallest absolute Gasteiger partial charge is 0.255 e. The summed E-state index contributed by atoms with van der Waals surface area (Å²) in [5.41, 5.74) is 4.24. The molecule has 1 saturated heterocycles. The van der Waals surface area contributed by atoms with E-state index in [1.165, 1.54) is 5.56 Å². The first-order chi connectivity index (χ1) is 19.3. The highest BCUT2D eigenvalue weighted by atomic mass is 32.1. The van der Waals surface area contributed by atoms with E-state index in [0.717, 1.165) is 39.8 Å². The summed E-state index contributed by atoms with van der Waals surface area (Å²) >= 11 is 1.59. The molecule has 1 aromatic heterocycles. The van der Waals surface area contributed by atoms with E-state index < -0.39 is 0 Å². The van der Waals surface area contributed by atoms with Crippen LogP contribution in [0.15, 0.2) is 66.7 Å². The molecular formula is C32H34N4O3S. The number of amides is 2. The lowest BCUT2D eigenvalue weighted by Gasteiger charge is -2.19. The van der Waals surface area contributed by atoms with Gasteiger partial charge in [0.05, 0.1) is 0 Å². The Balaban J connectivity index is 1.38. The van der Waals surface area contributed by atoms with E-state index in [4.69, 9.17) is 4.74 Å². The van der Waals surface area contributed by atoms with E-state index in [-0.39, 0.29) is 11.8 Å². The average molecular weight is 555 g/mol. The molecule has 1 N–H and O–H groups in total. The summed E-state index contributed by atoms with van der Waals surface area (Å²) < 4.78 is 6.32. The average Bonchev–Trinajstić information content (AvgIpc) is 3.60. The Morgan fingerprint density at radius 3 is 2.35 bits per heavy atom. The number of carbonyl (C=O) groups excluding carboxylic acids is 2. The number of likely N-dealkylation sites (tertiary alicyclic amines) is 1. The van der Waals surface area contributed by atoms with Crippen LogP contribution in [0.5, 0.6) is 11.5 Å². The fraction of sp³-hybridized carbons (Fsp3) is 0.312. The Kier molecular flexibility index (Phi) is 8.26. The van der Waals surface area contributed by atoms with E-state index in [1.54, 1.807) is 23.5 Å². The molecule has 2 amide bonds. The van der Waals surface area contributed by atoms with Crippen LogP contribution in [0.25, 0.3) is 10.6 Å². The van der Waals surface area contributed by atoms with Gasteiger partial charge in [-0.15, -0.1) is 10.2 Å². The highest BCUT2D eigenvalue weighted by Gasteiger charge is 2.22. The molecule has 0 saturated carbocycles. The molecule has 0 aliphatic carbocycles. The molecule has 1 aliphatic rings. The lowest BCUT2D eigenvalue weighted by atomic mass is 10.0. The van der Waals surface area contributed by atoms with Gasteiger partial charge >= 0.3 is 0 Å². The highest BCUT2D eigenvalue weighted by Crippen LogP contribution is 2.32. The third kappa shape index (κ3) is 6.39. The number of rotatable bonds is 9. The fourth-order valence-corrected chi connectivity index (χ4v) is 5.38. The molecule has 40 heavy (non-hydrogen) atoms. The Morgan fingerprint density at radius 1 is 0.975 bits per heavy atom. The second-order valence-electron chi connectivity index (χ2n) is 10.7. The molecule has 206 valence electrons.